The minimum absolute atomic E-state index is 0.00965. The Balaban J connectivity index is 2.29. The molecule has 5 nitrogen and oxygen atoms in total. The van der Waals surface area contributed by atoms with Gasteiger partial charge in [0.2, 0.25) is 11.8 Å². The van der Waals surface area contributed by atoms with Gasteiger partial charge in [0.15, 0.2) is 0 Å². The monoisotopic (exact) mass is 320 g/mol. The Kier molecular flexibility index (Phi) is 8.80. The molecule has 0 atom stereocenters. The minimum Gasteiger partial charge on any atom is -0.494 e. The van der Waals surface area contributed by atoms with Crippen LogP contribution in [-0.2, 0) is 9.59 Å². The maximum atomic E-state index is 12.0. The van der Waals surface area contributed by atoms with Crippen LogP contribution in [0.25, 0.3) is 0 Å². The number of carbonyl (C=O) groups is 2. The Labute approximate surface area is 138 Å². The van der Waals surface area contributed by atoms with E-state index < -0.39 is 0 Å². The number of anilines is 1. The molecule has 5 heteroatoms. The van der Waals surface area contributed by atoms with Gasteiger partial charge in [-0.1, -0.05) is 13.3 Å². The number of hydrogen-bond donors (Lipinski definition) is 2. The highest BCUT2D eigenvalue weighted by Crippen LogP contribution is 2.21. The fourth-order valence-corrected chi connectivity index (χ4v) is 2.15. The zero-order valence-corrected chi connectivity index (χ0v) is 14.4. The Morgan fingerprint density at radius 3 is 2.61 bits per heavy atom. The summed E-state index contributed by atoms with van der Waals surface area (Å²) in [6.07, 6.45) is 4.11. The fourth-order valence-electron chi connectivity index (χ4n) is 2.15. The molecule has 0 spiro atoms. The molecule has 0 saturated carbocycles. The summed E-state index contributed by atoms with van der Waals surface area (Å²) in [5.41, 5.74) is 1.83. The number of rotatable bonds is 10. The highest BCUT2D eigenvalue weighted by molar-refractivity contribution is 5.91. The first kappa shape index (κ1) is 19.0. The van der Waals surface area contributed by atoms with Crippen LogP contribution in [0.15, 0.2) is 18.2 Å². The molecule has 0 aliphatic rings. The summed E-state index contributed by atoms with van der Waals surface area (Å²) < 4.78 is 5.57. The van der Waals surface area contributed by atoms with Crippen LogP contribution in [0.2, 0.25) is 0 Å². The van der Waals surface area contributed by atoms with Gasteiger partial charge in [0.1, 0.15) is 5.75 Å². The van der Waals surface area contributed by atoms with Crippen molar-refractivity contribution in [1.29, 1.82) is 0 Å². The molecule has 2 amide bonds. The molecule has 0 fully saturated rings. The molecule has 0 aromatic heterocycles. The van der Waals surface area contributed by atoms with Crippen LogP contribution in [0.1, 0.15) is 51.5 Å². The molecule has 128 valence electrons. The summed E-state index contributed by atoms with van der Waals surface area (Å²) in [5.74, 6) is 0.847. The van der Waals surface area contributed by atoms with Gasteiger partial charge in [0.25, 0.3) is 0 Å². The van der Waals surface area contributed by atoms with Crippen LogP contribution in [0.5, 0.6) is 5.75 Å². The third-order valence-electron chi connectivity index (χ3n) is 3.40. The summed E-state index contributed by atoms with van der Waals surface area (Å²) in [6, 6.07) is 5.71. The molecule has 0 heterocycles. The van der Waals surface area contributed by atoms with E-state index in [1.807, 2.05) is 25.1 Å². The highest BCUT2D eigenvalue weighted by atomic mass is 16.5. The standard InChI is InChI=1S/C18H28N2O3/c1-4-12-23-16-9-10-17(14(2)13-16)20-18(22)8-6-5-7-11-19-15(3)21/h9-10,13H,4-8,11-12H2,1-3H3,(H,19,21)(H,20,22). The quantitative estimate of drug-likeness (QED) is 0.649. The van der Waals surface area contributed by atoms with E-state index in [9.17, 15) is 9.59 Å². The van der Waals surface area contributed by atoms with Crippen molar-refractivity contribution < 1.29 is 14.3 Å². The second-order valence-corrected chi connectivity index (χ2v) is 5.67. The largest absolute Gasteiger partial charge is 0.494 e. The lowest BCUT2D eigenvalue weighted by Crippen LogP contribution is -2.20. The minimum atomic E-state index is -0.00965. The molecular formula is C18H28N2O3. The zero-order valence-electron chi connectivity index (χ0n) is 14.4. The van der Waals surface area contributed by atoms with Crippen molar-refractivity contribution in [2.24, 2.45) is 0 Å². The predicted octanol–water partition coefficient (Wildman–Crippen LogP) is 3.42. The number of benzene rings is 1. The summed E-state index contributed by atoms with van der Waals surface area (Å²) in [5, 5.41) is 5.69. The maximum Gasteiger partial charge on any atom is 0.224 e. The maximum absolute atomic E-state index is 12.0. The molecule has 0 unspecified atom stereocenters. The van der Waals surface area contributed by atoms with Crippen LogP contribution in [0, 0.1) is 6.92 Å². The number of ether oxygens (including phenoxy) is 1. The van der Waals surface area contributed by atoms with Gasteiger partial charge < -0.3 is 15.4 Å². The molecule has 1 rings (SSSR count). The lowest BCUT2D eigenvalue weighted by atomic mass is 10.1. The first-order valence-corrected chi connectivity index (χ1v) is 8.30. The van der Waals surface area contributed by atoms with E-state index in [1.54, 1.807) is 0 Å². The van der Waals surface area contributed by atoms with E-state index in [1.165, 1.54) is 6.92 Å². The smallest absolute Gasteiger partial charge is 0.224 e. The number of unbranched alkanes of at least 4 members (excludes halogenated alkanes) is 2. The van der Waals surface area contributed by atoms with Crippen molar-refractivity contribution in [3.63, 3.8) is 0 Å². The number of amides is 2. The van der Waals surface area contributed by atoms with Crippen LogP contribution in [0.3, 0.4) is 0 Å². The molecule has 0 bridgehead atoms. The van der Waals surface area contributed by atoms with Crippen molar-refractivity contribution in [3.05, 3.63) is 23.8 Å². The zero-order chi connectivity index (χ0) is 17.1. The number of hydrogen-bond acceptors (Lipinski definition) is 3. The van der Waals surface area contributed by atoms with Gasteiger partial charge in [-0.05, 0) is 49.9 Å². The number of nitrogens with one attached hydrogen (secondary N) is 2. The topological polar surface area (TPSA) is 67.4 Å². The number of aryl methyl sites for hydroxylation is 1. The second-order valence-electron chi connectivity index (χ2n) is 5.67. The first-order chi connectivity index (χ1) is 11.0. The van der Waals surface area contributed by atoms with Crippen LogP contribution < -0.4 is 15.4 Å². The van der Waals surface area contributed by atoms with Crippen molar-refractivity contribution in [1.82, 2.24) is 5.32 Å². The van der Waals surface area contributed by atoms with E-state index in [-0.39, 0.29) is 11.8 Å². The van der Waals surface area contributed by atoms with Gasteiger partial charge in [-0.15, -0.1) is 0 Å². The summed E-state index contributed by atoms with van der Waals surface area (Å²) in [4.78, 5) is 22.7. The lowest BCUT2D eigenvalue weighted by molar-refractivity contribution is -0.119. The van der Waals surface area contributed by atoms with Crippen molar-refractivity contribution in [3.8, 4) is 5.75 Å². The van der Waals surface area contributed by atoms with Gasteiger partial charge in [0.05, 0.1) is 6.61 Å². The molecule has 0 saturated heterocycles. The molecule has 2 N–H and O–H groups in total. The van der Waals surface area contributed by atoms with E-state index in [0.717, 1.165) is 42.7 Å². The van der Waals surface area contributed by atoms with Crippen molar-refractivity contribution in [2.75, 3.05) is 18.5 Å². The van der Waals surface area contributed by atoms with E-state index in [2.05, 4.69) is 17.6 Å². The summed E-state index contributed by atoms with van der Waals surface area (Å²) in [6.45, 7) is 6.91. The van der Waals surface area contributed by atoms with Crippen molar-refractivity contribution in [2.45, 2.75) is 52.9 Å². The Bertz CT molecular complexity index is 515. The van der Waals surface area contributed by atoms with E-state index in [4.69, 9.17) is 4.74 Å². The summed E-state index contributed by atoms with van der Waals surface area (Å²) >= 11 is 0. The molecule has 0 aliphatic heterocycles. The van der Waals surface area contributed by atoms with Gasteiger partial charge >= 0.3 is 0 Å². The van der Waals surface area contributed by atoms with Crippen LogP contribution in [-0.4, -0.2) is 25.0 Å². The van der Waals surface area contributed by atoms with E-state index >= 15 is 0 Å². The third kappa shape index (κ3) is 8.24. The summed E-state index contributed by atoms with van der Waals surface area (Å²) in [7, 11) is 0. The normalized spacial score (nSPS) is 10.2. The van der Waals surface area contributed by atoms with Crippen LogP contribution >= 0.6 is 0 Å². The first-order valence-electron chi connectivity index (χ1n) is 8.30. The SMILES string of the molecule is CCCOc1ccc(NC(=O)CCCCCNC(C)=O)c(C)c1. The second kappa shape index (κ2) is 10.6. The van der Waals surface area contributed by atoms with Gasteiger partial charge in [-0.3, -0.25) is 9.59 Å². The molecule has 0 aliphatic carbocycles. The van der Waals surface area contributed by atoms with Gasteiger partial charge in [0, 0.05) is 25.6 Å². The highest BCUT2D eigenvalue weighted by Gasteiger charge is 2.06. The third-order valence-corrected chi connectivity index (χ3v) is 3.40. The Hall–Kier alpha value is -2.04. The Morgan fingerprint density at radius 2 is 1.96 bits per heavy atom. The molecule has 1 aromatic carbocycles. The van der Waals surface area contributed by atoms with Crippen LogP contribution in [0.4, 0.5) is 5.69 Å². The van der Waals surface area contributed by atoms with Crippen molar-refractivity contribution >= 4 is 17.5 Å². The van der Waals surface area contributed by atoms with E-state index in [0.29, 0.717) is 19.6 Å². The number of carbonyl (C=O) groups excluding carboxylic acids is 2. The van der Waals surface area contributed by atoms with Gasteiger partial charge in [-0.2, -0.15) is 0 Å². The average molecular weight is 320 g/mol. The predicted molar refractivity (Wildman–Crippen MR) is 92.7 cm³/mol. The molecule has 1 aromatic rings. The molecular weight excluding hydrogens is 292 g/mol. The fraction of sp³-hybridized carbons (Fsp3) is 0.556. The van der Waals surface area contributed by atoms with Gasteiger partial charge in [-0.25, -0.2) is 0 Å². The average Bonchev–Trinajstić information content (AvgIpc) is 2.50. The molecule has 0 radical (unpaired) electrons. The molecule has 23 heavy (non-hydrogen) atoms. The lowest BCUT2D eigenvalue weighted by Gasteiger charge is -2.11. The Morgan fingerprint density at radius 1 is 1.17 bits per heavy atom.